The fraction of sp³-hybridized carbons (Fsp3) is 0.850. The van der Waals surface area contributed by atoms with Gasteiger partial charge in [0.25, 0.3) is 0 Å². The monoisotopic (exact) mass is 376 g/mol. The lowest BCUT2D eigenvalue weighted by Gasteiger charge is -2.59. The molecule has 2 N–H and O–H groups in total. The Balaban J connectivity index is 1.71. The van der Waals surface area contributed by atoms with E-state index in [9.17, 15) is 0 Å². The predicted octanol–water partition coefficient (Wildman–Crippen LogP) is 2.70. The highest BCUT2D eigenvalue weighted by molar-refractivity contribution is 5.80. The van der Waals surface area contributed by atoms with Gasteiger partial charge in [-0.1, -0.05) is 33.1 Å². The number of aromatic nitrogens is 3. The van der Waals surface area contributed by atoms with Crippen molar-refractivity contribution in [2.24, 2.45) is 17.5 Å². The van der Waals surface area contributed by atoms with Gasteiger partial charge in [-0.05, 0) is 33.1 Å². The van der Waals surface area contributed by atoms with Gasteiger partial charge < -0.3 is 19.9 Å². The van der Waals surface area contributed by atoms with Crippen LogP contribution in [0.5, 0.6) is 0 Å². The first-order valence-electron chi connectivity index (χ1n) is 10.2. The number of ether oxygens (including phenoxy) is 1. The van der Waals surface area contributed by atoms with Crippen LogP contribution >= 0.6 is 0 Å². The molecule has 2 fully saturated rings. The Morgan fingerprint density at radius 2 is 1.89 bits per heavy atom. The zero-order valence-corrected chi connectivity index (χ0v) is 17.8. The second-order valence-electron chi connectivity index (χ2n) is 8.92. The molecule has 1 aromatic heterocycles. The molecule has 0 bridgehead atoms. The fourth-order valence-corrected chi connectivity index (χ4v) is 4.20. The molecule has 2 saturated carbocycles. The van der Waals surface area contributed by atoms with E-state index >= 15 is 0 Å². The van der Waals surface area contributed by atoms with Crippen LogP contribution in [-0.4, -0.2) is 45.5 Å². The molecule has 1 aromatic rings. The maximum atomic E-state index is 5.78. The number of rotatable bonds is 5. The highest BCUT2D eigenvalue weighted by atomic mass is 16.5. The molecule has 7 heteroatoms. The lowest BCUT2D eigenvalue weighted by Crippen LogP contribution is -2.69. The lowest BCUT2D eigenvalue weighted by molar-refractivity contribution is -0.176. The van der Waals surface area contributed by atoms with Crippen LogP contribution in [0.1, 0.15) is 70.9 Å². The number of aliphatic imine (C=N–C) groups is 1. The van der Waals surface area contributed by atoms with Gasteiger partial charge in [-0.2, -0.15) is 0 Å². The number of guanidine groups is 1. The van der Waals surface area contributed by atoms with Gasteiger partial charge >= 0.3 is 0 Å². The molecule has 0 aliphatic heterocycles. The molecule has 0 amide bonds. The van der Waals surface area contributed by atoms with Crippen molar-refractivity contribution in [1.82, 2.24) is 25.4 Å². The van der Waals surface area contributed by atoms with Gasteiger partial charge in [-0.3, -0.25) is 0 Å². The molecular formula is C20H36N6O. The lowest BCUT2D eigenvalue weighted by atomic mass is 9.56. The Hall–Kier alpha value is -1.63. The average Bonchev–Trinajstić information content (AvgIpc) is 2.98. The summed E-state index contributed by atoms with van der Waals surface area (Å²) in [4.78, 5) is 4.85. The summed E-state index contributed by atoms with van der Waals surface area (Å²) in [7, 11) is 3.80. The molecule has 152 valence electrons. The topological polar surface area (TPSA) is 76.4 Å². The minimum atomic E-state index is -0.0959. The Labute approximate surface area is 163 Å². The highest BCUT2D eigenvalue weighted by Gasteiger charge is 2.58. The summed E-state index contributed by atoms with van der Waals surface area (Å²) in [6.07, 6.45) is 7.35. The Bertz CT molecular complexity index is 676. The summed E-state index contributed by atoms with van der Waals surface area (Å²) < 4.78 is 7.77. The summed E-state index contributed by atoms with van der Waals surface area (Å²) in [6, 6.07) is 0.835. The Kier molecular flexibility index (Phi) is 5.79. The maximum absolute atomic E-state index is 5.78. The normalized spacial score (nSPS) is 28.7. The summed E-state index contributed by atoms with van der Waals surface area (Å²) in [5.41, 5.74) is -0.0561. The Morgan fingerprint density at radius 1 is 1.19 bits per heavy atom. The van der Waals surface area contributed by atoms with E-state index < -0.39 is 0 Å². The largest absolute Gasteiger partial charge is 0.378 e. The first-order valence-corrected chi connectivity index (χ1v) is 10.2. The van der Waals surface area contributed by atoms with Crippen LogP contribution in [0.2, 0.25) is 0 Å². The number of nitrogens with one attached hydrogen (secondary N) is 2. The SMILES string of the molecule is COC1(C)CC(NC(=NCc2nnc(C)n2C)NC2CCCCC2)C1(C)C. The van der Waals surface area contributed by atoms with E-state index in [2.05, 4.69) is 41.6 Å². The average molecular weight is 377 g/mol. The molecule has 0 aromatic carbocycles. The number of hydrogen-bond acceptors (Lipinski definition) is 4. The van der Waals surface area contributed by atoms with Crippen molar-refractivity contribution in [2.75, 3.05) is 7.11 Å². The van der Waals surface area contributed by atoms with Crippen LogP contribution in [0.15, 0.2) is 4.99 Å². The van der Waals surface area contributed by atoms with Crippen molar-refractivity contribution in [3.63, 3.8) is 0 Å². The van der Waals surface area contributed by atoms with Crippen LogP contribution in [0.25, 0.3) is 0 Å². The van der Waals surface area contributed by atoms with Crippen molar-refractivity contribution >= 4 is 5.96 Å². The van der Waals surface area contributed by atoms with E-state index in [-0.39, 0.29) is 11.0 Å². The third-order valence-electron chi connectivity index (χ3n) is 7.10. The van der Waals surface area contributed by atoms with Gasteiger partial charge in [-0.15, -0.1) is 10.2 Å². The molecule has 1 heterocycles. The van der Waals surface area contributed by atoms with Crippen molar-refractivity contribution < 1.29 is 4.74 Å². The molecule has 2 unspecified atom stereocenters. The van der Waals surface area contributed by atoms with Crippen LogP contribution in [-0.2, 0) is 18.3 Å². The van der Waals surface area contributed by atoms with Gasteiger partial charge in [0.15, 0.2) is 11.8 Å². The van der Waals surface area contributed by atoms with E-state index in [1.165, 1.54) is 32.1 Å². The van der Waals surface area contributed by atoms with Crippen LogP contribution in [0.4, 0.5) is 0 Å². The second-order valence-corrected chi connectivity index (χ2v) is 8.92. The quantitative estimate of drug-likeness (QED) is 0.610. The summed E-state index contributed by atoms with van der Waals surface area (Å²) >= 11 is 0. The third-order valence-corrected chi connectivity index (χ3v) is 7.10. The van der Waals surface area contributed by atoms with Gasteiger partial charge in [0.1, 0.15) is 12.4 Å². The van der Waals surface area contributed by atoms with Crippen molar-refractivity contribution in [3.05, 3.63) is 11.6 Å². The van der Waals surface area contributed by atoms with Crippen molar-refractivity contribution in [2.45, 2.75) is 90.4 Å². The molecule has 0 saturated heterocycles. The van der Waals surface area contributed by atoms with Gasteiger partial charge in [0.2, 0.25) is 0 Å². The molecule has 0 radical (unpaired) electrons. The Morgan fingerprint density at radius 3 is 2.44 bits per heavy atom. The molecule has 27 heavy (non-hydrogen) atoms. The van der Waals surface area contributed by atoms with Gasteiger partial charge in [0.05, 0.1) is 5.60 Å². The smallest absolute Gasteiger partial charge is 0.192 e. The minimum Gasteiger partial charge on any atom is -0.378 e. The second kappa shape index (κ2) is 7.78. The first kappa shape index (κ1) is 20.1. The number of aryl methyl sites for hydroxylation is 1. The molecular weight excluding hydrogens is 340 g/mol. The van der Waals surface area contributed by atoms with Crippen LogP contribution in [0, 0.1) is 12.3 Å². The summed E-state index contributed by atoms with van der Waals surface area (Å²) in [6.45, 7) is 9.21. The molecule has 0 spiro atoms. The van der Waals surface area contributed by atoms with Crippen molar-refractivity contribution in [1.29, 1.82) is 0 Å². The summed E-state index contributed by atoms with van der Waals surface area (Å²) in [5, 5.41) is 15.7. The van der Waals surface area contributed by atoms with Gasteiger partial charge in [0, 0.05) is 31.7 Å². The van der Waals surface area contributed by atoms with Crippen LogP contribution in [0.3, 0.4) is 0 Å². The van der Waals surface area contributed by atoms with E-state index in [0.29, 0.717) is 18.6 Å². The fourth-order valence-electron chi connectivity index (χ4n) is 4.20. The molecule has 2 atom stereocenters. The summed E-state index contributed by atoms with van der Waals surface area (Å²) in [5.74, 6) is 2.68. The molecule has 2 aliphatic carbocycles. The van der Waals surface area contributed by atoms with Crippen LogP contribution < -0.4 is 10.6 Å². The number of nitrogens with zero attached hydrogens (tertiary/aromatic N) is 4. The maximum Gasteiger partial charge on any atom is 0.192 e. The van der Waals surface area contributed by atoms with E-state index in [4.69, 9.17) is 9.73 Å². The number of methoxy groups -OCH3 is 1. The predicted molar refractivity (Wildman–Crippen MR) is 108 cm³/mol. The third kappa shape index (κ3) is 3.98. The number of hydrogen-bond donors (Lipinski definition) is 2. The first-order chi connectivity index (χ1) is 12.8. The zero-order valence-electron chi connectivity index (χ0n) is 17.8. The standard InChI is InChI=1S/C20H36N6O/c1-14-24-25-17(26(14)5)13-21-18(22-15-10-8-7-9-11-15)23-16-12-20(4,27-6)19(16,2)3/h15-16H,7-13H2,1-6H3,(H2,21,22,23). The molecule has 7 nitrogen and oxygen atoms in total. The minimum absolute atomic E-state index is 0.0398. The highest BCUT2D eigenvalue weighted by Crippen LogP contribution is 2.51. The van der Waals surface area contributed by atoms with E-state index in [1.807, 2.05) is 25.6 Å². The van der Waals surface area contributed by atoms with Gasteiger partial charge in [-0.25, -0.2) is 4.99 Å². The van der Waals surface area contributed by atoms with Crippen molar-refractivity contribution in [3.8, 4) is 0 Å². The van der Waals surface area contributed by atoms with E-state index in [0.717, 1.165) is 24.0 Å². The zero-order chi connectivity index (χ0) is 19.7. The molecule has 3 rings (SSSR count). The van der Waals surface area contributed by atoms with E-state index in [1.54, 1.807) is 0 Å². The molecule has 2 aliphatic rings.